The number of carbonyl (C=O) groups is 2. The summed E-state index contributed by atoms with van der Waals surface area (Å²) in [6.45, 7) is 0.449. The topological polar surface area (TPSA) is 119 Å². The summed E-state index contributed by atoms with van der Waals surface area (Å²) in [6, 6.07) is 4.65. The molecule has 11 heteroatoms. The Morgan fingerprint density at radius 2 is 1.93 bits per heavy atom. The highest BCUT2D eigenvalue weighted by atomic mass is 35.5. The van der Waals surface area contributed by atoms with Crippen molar-refractivity contribution in [3.8, 4) is 0 Å². The fraction of sp³-hybridized carbons (Fsp3) is 0.421. The molecule has 1 amide bonds. The van der Waals surface area contributed by atoms with Crippen LogP contribution in [-0.2, 0) is 30.9 Å². The number of nitrogens with zero attached hydrogens (tertiary/aromatic N) is 2. The second kappa shape index (κ2) is 11.7. The number of unbranched alkanes of at least 4 members (excludes halogenated alkanes) is 2. The first-order valence-corrected chi connectivity index (χ1v) is 11.3. The summed E-state index contributed by atoms with van der Waals surface area (Å²) in [4.78, 5) is 27.7. The number of nitrogens with one attached hydrogen (secondary N) is 2. The molecule has 30 heavy (non-hydrogen) atoms. The molecule has 1 unspecified atom stereocenters. The molecule has 164 valence electrons. The Labute approximate surface area is 180 Å². The summed E-state index contributed by atoms with van der Waals surface area (Å²) < 4.78 is 34.0. The van der Waals surface area contributed by atoms with Crippen LogP contribution in [0.5, 0.6) is 0 Å². The van der Waals surface area contributed by atoms with E-state index in [1.54, 1.807) is 17.0 Å². The van der Waals surface area contributed by atoms with Crippen LogP contribution >= 0.6 is 11.6 Å². The Morgan fingerprint density at radius 1 is 1.20 bits per heavy atom. The lowest BCUT2D eigenvalue weighted by atomic mass is 10.2. The second-order valence-electron chi connectivity index (χ2n) is 6.57. The molecule has 0 fully saturated rings. The number of halogens is 1. The van der Waals surface area contributed by atoms with Gasteiger partial charge in [-0.25, -0.2) is 13.4 Å². The average molecular weight is 457 g/mol. The van der Waals surface area contributed by atoms with Crippen LogP contribution in [-0.4, -0.2) is 49.5 Å². The van der Waals surface area contributed by atoms with Gasteiger partial charge in [-0.05, 0) is 37.1 Å². The first kappa shape index (κ1) is 23.8. The number of rotatable bonds is 12. The van der Waals surface area contributed by atoms with Crippen molar-refractivity contribution in [1.29, 1.82) is 0 Å². The molecule has 2 rings (SSSR count). The maximum atomic E-state index is 12.7. The van der Waals surface area contributed by atoms with E-state index in [2.05, 4.69) is 19.8 Å². The van der Waals surface area contributed by atoms with Crippen LogP contribution in [0, 0.1) is 0 Å². The van der Waals surface area contributed by atoms with Crippen LogP contribution in [0.25, 0.3) is 0 Å². The first-order chi connectivity index (χ1) is 14.3. The number of methoxy groups -OCH3 is 1. The van der Waals surface area contributed by atoms with Crippen LogP contribution in [0.1, 0.15) is 25.7 Å². The van der Waals surface area contributed by atoms with Crippen molar-refractivity contribution < 1.29 is 22.7 Å². The quantitative estimate of drug-likeness (QED) is 0.371. The minimum Gasteiger partial charge on any atom is -0.469 e. The molecule has 0 aliphatic heterocycles. The molecule has 1 aromatic heterocycles. The molecule has 1 heterocycles. The summed E-state index contributed by atoms with van der Waals surface area (Å²) in [7, 11) is -2.59. The third-order valence-electron chi connectivity index (χ3n) is 4.28. The van der Waals surface area contributed by atoms with E-state index in [-0.39, 0.29) is 17.4 Å². The summed E-state index contributed by atoms with van der Waals surface area (Å²) >= 11 is 5.82. The number of ether oxygens (including phenoxy) is 1. The van der Waals surface area contributed by atoms with Gasteiger partial charge in [0.15, 0.2) is 0 Å². The van der Waals surface area contributed by atoms with Gasteiger partial charge in [0.2, 0.25) is 15.9 Å². The van der Waals surface area contributed by atoms with E-state index in [4.69, 9.17) is 11.6 Å². The standard InChI is InChI=1S/C19H25ClN4O5S/c1-29-18(25)5-3-2-4-10-22-19(26)17(13-24-12-11-21-14-24)23-30(27,28)16-8-6-15(20)7-9-16/h6-9,11-12,14,17,23H,2-5,10,13H2,1H3,(H,22,26). The van der Waals surface area contributed by atoms with Crippen LogP contribution in [0.2, 0.25) is 5.02 Å². The number of imidazole rings is 1. The second-order valence-corrected chi connectivity index (χ2v) is 8.72. The van der Waals surface area contributed by atoms with Crippen molar-refractivity contribution in [1.82, 2.24) is 19.6 Å². The van der Waals surface area contributed by atoms with Gasteiger partial charge in [0, 0.05) is 36.9 Å². The van der Waals surface area contributed by atoms with Crippen molar-refractivity contribution >= 4 is 33.5 Å². The number of amides is 1. The van der Waals surface area contributed by atoms with Gasteiger partial charge >= 0.3 is 5.97 Å². The van der Waals surface area contributed by atoms with E-state index >= 15 is 0 Å². The van der Waals surface area contributed by atoms with Gasteiger partial charge < -0.3 is 14.6 Å². The summed E-state index contributed by atoms with van der Waals surface area (Å²) in [5.41, 5.74) is 0. The SMILES string of the molecule is COC(=O)CCCCCNC(=O)C(Cn1ccnc1)NS(=O)(=O)c1ccc(Cl)cc1. The number of sulfonamides is 1. The Morgan fingerprint density at radius 3 is 2.57 bits per heavy atom. The minimum atomic E-state index is -3.93. The lowest BCUT2D eigenvalue weighted by Gasteiger charge is -2.19. The fourth-order valence-electron chi connectivity index (χ4n) is 2.66. The average Bonchev–Trinajstić information content (AvgIpc) is 3.23. The first-order valence-electron chi connectivity index (χ1n) is 9.40. The molecule has 2 aromatic rings. The Hall–Kier alpha value is -2.43. The zero-order valence-electron chi connectivity index (χ0n) is 16.6. The molecular formula is C19H25ClN4O5S. The number of hydrogen-bond donors (Lipinski definition) is 2. The molecule has 0 aliphatic rings. The molecule has 1 atom stereocenters. The van der Waals surface area contributed by atoms with Crippen molar-refractivity contribution in [2.24, 2.45) is 0 Å². The van der Waals surface area contributed by atoms with Crippen LogP contribution in [0.4, 0.5) is 0 Å². The van der Waals surface area contributed by atoms with Crippen molar-refractivity contribution in [2.75, 3.05) is 13.7 Å². The Bertz CT molecular complexity index is 917. The molecule has 0 spiro atoms. The molecule has 0 radical (unpaired) electrons. The summed E-state index contributed by atoms with van der Waals surface area (Å²) in [6.07, 6.45) is 7.07. The van der Waals surface area contributed by atoms with Crippen molar-refractivity contribution in [3.63, 3.8) is 0 Å². The van der Waals surface area contributed by atoms with Crippen LogP contribution in [0.15, 0.2) is 47.9 Å². The molecule has 0 bridgehead atoms. The zero-order chi connectivity index (χ0) is 22.0. The summed E-state index contributed by atoms with van der Waals surface area (Å²) in [5, 5.41) is 3.15. The molecule has 9 nitrogen and oxygen atoms in total. The molecule has 0 saturated heterocycles. The van der Waals surface area contributed by atoms with E-state index in [0.717, 1.165) is 6.42 Å². The van der Waals surface area contributed by atoms with E-state index < -0.39 is 22.0 Å². The highest BCUT2D eigenvalue weighted by Crippen LogP contribution is 2.14. The largest absolute Gasteiger partial charge is 0.469 e. The molecule has 0 aliphatic carbocycles. The number of benzene rings is 1. The normalized spacial score (nSPS) is 12.3. The third kappa shape index (κ3) is 7.77. The predicted octanol–water partition coefficient (Wildman–Crippen LogP) is 1.73. The highest BCUT2D eigenvalue weighted by Gasteiger charge is 2.26. The predicted molar refractivity (Wildman–Crippen MR) is 111 cm³/mol. The van der Waals surface area contributed by atoms with Gasteiger partial charge in [0.05, 0.1) is 18.3 Å². The smallest absolute Gasteiger partial charge is 0.305 e. The van der Waals surface area contributed by atoms with Gasteiger partial charge in [-0.1, -0.05) is 18.0 Å². The van der Waals surface area contributed by atoms with E-state index in [1.165, 1.54) is 37.7 Å². The Kier molecular flexibility index (Phi) is 9.28. The fourth-order valence-corrected chi connectivity index (χ4v) is 3.97. The lowest BCUT2D eigenvalue weighted by Crippen LogP contribution is -2.49. The molecule has 1 aromatic carbocycles. The van der Waals surface area contributed by atoms with Gasteiger partial charge in [0.1, 0.15) is 6.04 Å². The number of esters is 1. The van der Waals surface area contributed by atoms with Crippen molar-refractivity contribution in [2.45, 2.75) is 43.2 Å². The van der Waals surface area contributed by atoms with Gasteiger partial charge in [-0.3, -0.25) is 9.59 Å². The minimum absolute atomic E-state index is 0.0122. The van der Waals surface area contributed by atoms with Gasteiger partial charge in [-0.2, -0.15) is 4.72 Å². The lowest BCUT2D eigenvalue weighted by molar-refractivity contribution is -0.140. The van der Waals surface area contributed by atoms with E-state index in [1.807, 2.05) is 0 Å². The monoisotopic (exact) mass is 456 g/mol. The van der Waals surface area contributed by atoms with Gasteiger partial charge in [-0.15, -0.1) is 0 Å². The maximum absolute atomic E-state index is 12.7. The van der Waals surface area contributed by atoms with Crippen molar-refractivity contribution in [3.05, 3.63) is 48.0 Å². The van der Waals surface area contributed by atoms with Crippen LogP contribution < -0.4 is 10.0 Å². The van der Waals surface area contributed by atoms with Gasteiger partial charge in [0.25, 0.3) is 0 Å². The zero-order valence-corrected chi connectivity index (χ0v) is 18.2. The highest BCUT2D eigenvalue weighted by molar-refractivity contribution is 7.89. The number of hydrogen-bond acceptors (Lipinski definition) is 6. The number of aromatic nitrogens is 2. The molecular weight excluding hydrogens is 432 g/mol. The molecule has 0 saturated carbocycles. The third-order valence-corrected chi connectivity index (χ3v) is 6.01. The molecule has 2 N–H and O–H groups in total. The Balaban J connectivity index is 1.96. The number of carbonyl (C=O) groups excluding carboxylic acids is 2. The van der Waals surface area contributed by atoms with E-state index in [9.17, 15) is 18.0 Å². The van der Waals surface area contributed by atoms with E-state index in [0.29, 0.717) is 30.8 Å². The van der Waals surface area contributed by atoms with Crippen LogP contribution in [0.3, 0.4) is 0 Å². The maximum Gasteiger partial charge on any atom is 0.305 e. The summed E-state index contributed by atoms with van der Waals surface area (Å²) in [5.74, 6) is -0.717.